The van der Waals surface area contributed by atoms with Crippen molar-refractivity contribution in [2.75, 3.05) is 0 Å². The van der Waals surface area contributed by atoms with E-state index in [2.05, 4.69) is 15.0 Å². The van der Waals surface area contributed by atoms with Gasteiger partial charge in [0.05, 0.1) is 17.0 Å². The van der Waals surface area contributed by atoms with Crippen LogP contribution in [0.25, 0.3) is 21.8 Å². The molecule has 3 aromatic heterocycles. The normalized spacial score (nSPS) is 11.0. The molecule has 0 aliphatic rings. The number of hydrogen-bond acceptors (Lipinski definition) is 5. The summed E-state index contributed by atoms with van der Waals surface area (Å²) in [4.78, 5) is 22.0. The maximum absolute atomic E-state index is 11.7. The third-order valence-corrected chi connectivity index (χ3v) is 2.38. The van der Waals surface area contributed by atoms with Crippen molar-refractivity contribution in [1.82, 2.24) is 15.0 Å². The van der Waals surface area contributed by atoms with Crippen molar-refractivity contribution < 1.29 is 4.42 Å². The summed E-state index contributed by atoms with van der Waals surface area (Å²) in [6, 6.07) is 1.63. The van der Waals surface area contributed by atoms with Crippen molar-refractivity contribution in [1.29, 1.82) is 5.41 Å². The number of H-pyrrole nitrogens is 1. The van der Waals surface area contributed by atoms with Gasteiger partial charge >= 0.3 is 0 Å². The molecule has 3 rings (SSSR count). The van der Waals surface area contributed by atoms with E-state index in [0.717, 1.165) is 0 Å². The summed E-state index contributed by atoms with van der Waals surface area (Å²) < 4.78 is 4.94. The molecular formula is C10H6N4O2. The van der Waals surface area contributed by atoms with Gasteiger partial charge in [-0.05, 0) is 6.07 Å². The maximum atomic E-state index is 11.7. The number of pyridine rings is 1. The lowest BCUT2D eigenvalue weighted by molar-refractivity contribution is 0.557. The molecule has 2 N–H and O–H groups in total. The van der Waals surface area contributed by atoms with Crippen LogP contribution in [0.2, 0.25) is 0 Å². The first kappa shape index (κ1) is 8.78. The smallest absolute Gasteiger partial charge is 0.260 e. The second-order valence-electron chi connectivity index (χ2n) is 3.28. The summed E-state index contributed by atoms with van der Waals surface area (Å²) in [5.74, 6) is 0. The molecular weight excluding hydrogens is 208 g/mol. The molecule has 0 aliphatic carbocycles. The van der Waals surface area contributed by atoms with Crippen molar-refractivity contribution in [2.24, 2.45) is 0 Å². The van der Waals surface area contributed by atoms with Gasteiger partial charge in [0.15, 0.2) is 5.49 Å². The van der Waals surface area contributed by atoms with Gasteiger partial charge in [-0.3, -0.25) is 10.2 Å². The van der Waals surface area contributed by atoms with Crippen molar-refractivity contribution in [3.8, 4) is 0 Å². The van der Waals surface area contributed by atoms with Crippen molar-refractivity contribution in [3.05, 3.63) is 40.8 Å². The Balaban J connectivity index is 2.78. The third kappa shape index (κ3) is 1.07. The van der Waals surface area contributed by atoms with E-state index in [1.165, 1.54) is 18.9 Å². The molecule has 0 fully saturated rings. The Morgan fingerprint density at radius 2 is 2.19 bits per heavy atom. The molecule has 6 nitrogen and oxygen atoms in total. The largest absolute Gasteiger partial charge is 0.472 e. The van der Waals surface area contributed by atoms with E-state index >= 15 is 0 Å². The van der Waals surface area contributed by atoms with Crippen molar-refractivity contribution in [2.45, 2.75) is 0 Å². The minimum Gasteiger partial charge on any atom is -0.472 e. The molecule has 16 heavy (non-hydrogen) atoms. The molecule has 78 valence electrons. The topological polar surface area (TPSA) is 95.6 Å². The van der Waals surface area contributed by atoms with Gasteiger partial charge in [-0.1, -0.05) is 0 Å². The van der Waals surface area contributed by atoms with Crippen molar-refractivity contribution >= 4 is 21.8 Å². The second-order valence-corrected chi connectivity index (χ2v) is 3.28. The SMILES string of the molecule is N=c1ncnc2[nH]c(=O)c3coccc3c12. The minimum absolute atomic E-state index is 0.0810. The molecule has 0 aliphatic heterocycles. The Morgan fingerprint density at radius 1 is 1.31 bits per heavy atom. The number of nitrogens with zero attached hydrogens (tertiary/aromatic N) is 2. The summed E-state index contributed by atoms with van der Waals surface area (Å²) in [6.07, 6.45) is 4.05. The van der Waals surface area contributed by atoms with E-state index in [4.69, 9.17) is 9.83 Å². The highest BCUT2D eigenvalue weighted by Gasteiger charge is 2.07. The highest BCUT2D eigenvalue weighted by Crippen LogP contribution is 2.15. The molecule has 3 heterocycles. The van der Waals surface area contributed by atoms with Crippen LogP contribution in [-0.4, -0.2) is 15.0 Å². The quantitative estimate of drug-likeness (QED) is 0.534. The molecule has 0 saturated heterocycles. The van der Waals surface area contributed by atoms with E-state index in [1.807, 2.05) is 0 Å². The highest BCUT2D eigenvalue weighted by atomic mass is 16.3. The fraction of sp³-hybridized carbons (Fsp3) is 0. The van der Waals surface area contributed by atoms with E-state index in [9.17, 15) is 4.79 Å². The average molecular weight is 214 g/mol. The molecule has 0 atom stereocenters. The monoisotopic (exact) mass is 214 g/mol. The number of aromatic nitrogens is 3. The van der Waals surface area contributed by atoms with Crippen LogP contribution in [0.5, 0.6) is 0 Å². The standard InChI is InChI=1S/C10H6N4O2/c11-8-7-5-1-2-16-3-6(5)10(15)14-9(7)13-4-12-8/h1-4H,(H2,11,12,13,14,15). The number of rotatable bonds is 0. The maximum Gasteiger partial charge on any atom is 0.260 e. The molecule has 0 saturated carbocycles. The molecule has 0 radical (unpaired) electrons. The molecule has 0 aromatic carbocycles. The Labute approximate surface area is 88.1 Å². The summed E-state index contributed by atoms with van der Waals surface area (Å²) in [5.41, 5.74) is 0.158. The predicted octanol–water partition coefficient (Wildman–Crippen LogP) is 0.544. The molecule has 6 heteroatoms. The summed E-state index contributed by atoms with van der Waals surface area (Å²) >= 11 is 0. The van der Waals surface area contributed by atoms with E-state index < -0.39 is 0 Å². The zero-order valence-corrected chi connectivity index (χ0v) is 8.02. The molecule has 0 bridgehead atoms. The van der Waals surface area contributed by atoms with Gasteiger partial charge in [-0.2, -0.15) is 0 Å². The van der Waals surface area contributed by atoms with Gasteiger partial charge in [0, 0.05) is 5.39 Å². The van der Waals surface area contributed by atoms with Crippen LogP contribution in [0.3, 0.4) is 0 Å². The van der Waals surface area contributed by atoms with Gasteiger partial charge in [0.2, 0.25) is 0 Å². The predicted molar refractivity (Wildman–Crippen MR) is 55.8 cm³/mol. The fourth-order valence-corrected chi connectivity index (χ4v) is 1.67. The summed E-state index contributed by atoms with van der Waals surface area (Å²) in [7, 11) is 0. The number of hydrogen-bond donors (Lipinski definition) is 2. The first-order valence-electron chi connectivity index (χ1n) is 4.55. The lowest BCUT2D eigenvalue weighted by Gasteiger charge is -2.00. The highest BCUT2D eigenvalue weighted by molar-refractivity contribution is 6.02. The first-order chi connectivity index (χ1) is 7.77. The zero-order chi connectivity index (χ0) is 11.1. The van der Waals surface area contributed by atoms with Gasteiger partial charge in [0.1, 0.15) is 18.2 Å². The Kier molecular flexibility index (Phi) is 1.64. The molecule has 0 amide bonds. The van der Waals surface area contributed by atoms with Crippen LogP contribution in [-0.2, 0) is 0 Å². The number of aromatic amines is 1. The molecule has 3 aromatic rings. The van der Waals surface area contributed by atoms with E-state index in [-0.39, 0.29) is 11.0 Å². The Bertz CT molecular complexity index is 801. The van der Waals surface area contributed by atoms with Crippen LogP contribution in [0.15, 0.2) is 34.1 Å². The van der Waals surface area contributed by atoms with E-state index in [0.29, 0.717) is 21.8 Å². The number of nitrogens with one attached hydrogen (secondary N) is 2. The first-order valence-corrected chi connectivity index (χ1v) is 4.55. The van der Waals surface area contributed by atoms with Crippen LogP contribution in [0, 0.1) is 5.41 Å². The van der Waals surface area contributed by atoms with Crippen LogP contribution >= 0.6 is 0 Å². The molecule has 0 spiro atoms. The Hall–Kier alpha value is -2.50. The third-order valence-electron chi connectivity index (χ3n) is 2.38. The summed E-state index contributed by atoms with van der Waals surface area (Å²) in [5, 5.41) is 9.24. The van der Waals surface area contributed by atoms with Crippen LogP contribution in [0.1, 0.15) is 0 Å². The Morgan fingerprint density at radius 3 is 3.06 bits per heavy atom. The van der Waals surface area contributed by atoms with Gasteiger partial charge < -0.3 is 9.40 Å². The lowest BCUT2D eigenvalue weighted by Crippen LogP contribution is -2.14. The minimum atomic E-state index is -0.287. The van der Waals surface area contributed by atoms with Crippen LogP contribution < -0.4 is 11.0 Å². The summed E-state index contributed by atoms with van der Waals surface area (Å²) in [6.45, 7) is 0. The van der Waals surface area contributed by atoms with Crippen LogP contribution in [0.4, 0.5) is 0 Å². The zero-order valence-electron chi connectivity index (χ0n) is 8.02. The second kappa shape index (κ2) is 2.99. The van der Waals surface area contributed by atoms with Gasteiger partial charge in [0.25, 0.3) is 5.56 Å². The molecule has 0 unspecified atom stereocenters. The average Bonchev–Trinajstić information content (AvgIpc) is 2.29. The fourth-order valence-electron chi connectivity index (χ4n) is 1.67. The van der Waals surface area contributed by atoms with Gasteiger partial charge in [-0.15, -0.1) is 0 Å². The van der Waals surface area contributed by atoms with Gasteiger partial charge in [-0.25, -0.2) is 9.97 Å². The van der Waals surface area contributed by atoms with E-state index in [1.54, 1.807) is 6.07 Å². The van der Waals surface area contributed by atoms with Crippen molar-refractivity contribution in [3.63, 3.8) is 0 Å². The lowest BCUT2D eigenvalue weighted by atomic mass is 10.2. The number of fused-ring (bicyclic) bond motifs is 3.